The average molecular weight is 377 g/mol. The smallest absolute Gasteiger partial charge is 0.317 e. The topological polar surface area (TPSA) is 60.4 Å². The third kappa shape index (κ3) is 10.9. The Hall–Kier alpha value is -1.71. The van der Waals surface area contributed by atoms with Gasteiger partial charge in [0, 0.05) is 6.42 Å². The van der Waals surface area contributed by atoms with Gasteiger partial charge in [0.05, 0.1) is 12.3 Å². The average Bonchev–Trinajstić information content (AvgIpc) is 2.96. The number of unbranched alkanes of at least 4 members (excludes halogenated alkanes) is 7. The van der Waals surface area contributed by atoms with Crippen LogP contribution in [0.4, 0.5) is 0 Å². The molecule has 0 bridgehead atoms. The van der Waals surface area contributed by atoms with Crippen LogP contribution in [0.1, 0.15) is 90.9 Å². The SMILES string of the molecule is CCCCCC(/C=C/C=C\CCCCCCCC(C)=O)C1CC(=O)OC1=O. The van der Waals surface area contributed by atoms with Gasteiger partial charge >= 0.3 is 11.9 Å². The van der Waals surface area contributed by atoms with Gasteiger partial charge in [-0.05, 0) is 38.5 Å². The monoisotopic (exact) mass is 376 g/mol. The predicted octanol–water partition coefficient (Wildman–Crippen LogP) is 5.70. The molecule has 1 rings (SSSR count). The highest BCUT2D eigenvalue weighted by molar-refractivity contribution is 5.94. The number of esters is 2. The van der Waals surface area contributed by atoms with Gasteiger partial charge in [0.15, 0.2) is 0 Å². The molecule has 0 radical (unpaired) electrons. The lowest BCUT2D eigenvalue weighted by molar-refractivity contribution is -0.153. The van der Waals surface area contributed by atoms with Gasteiger partial charge in [0.25, 0.3) is 0 Å². The number of ether oxygens (including phenoxy) is 1. The molecule has 0 N–H and O–H groups in total. The van der Waals surface area contributed by atoms with Crippen molar-refractivity contribution in [1.29, 1.82) is 0 Å². The largest absolute Gasteiger partial charge is 0.393 e. The maximum absolute atomic E-state index is 11.9. The molecule has 27 heavy (non-hydrogen) atoms. The summed E-state index contributed by atoms with van der Waals surface area (Å²) >= 11 is 0. The predicted molar refractivity (Wildman–Crippen MR) is 108 cm³/mol. The Kier molecular flexibility index (Phi) is 12.4. The van der Waals surface area contributed by atoms with E-state index in [9.17, 15) is 14.4 Å². The number of cyclic esters (lactones) is 2. The summed E-state index contributed by atoms with van der Waals surface area (Å²) in [5.74, 6) is -0.693. The number of Topliss-reactive ketones (excluding diaryl/α,β-unsaturated/α-hetero) is 1. The third-order valence-corrected chi connectivity index (χ3v) is 5.07. The van der Waals surface area contributed by atoms with Crippen LogP contribution in [0.2, 0.25) is 0 Å². The van der Waals surface area contributed by atoms with E-state index >= 15 is 0 Å². The molecule has 1 heterocycles. The van der Waals surface area contributed by atoms with Gasteiger partial charge in [0.1, 0.15) is 5.78 Å². The van der Waals surface area contributed by atoms with E-state index in [-0.39, 0.29) is 30.0 Å². The Morgan fingerprint density at radius 3 is 2.48 bits per heavy atom. The molecule has 1 aliphatic rings. The lowest BCUT2D eigenvalue weighted by atomic mass is 9.86. The maximum Gasteiger partial charge on any atom is 0.317 e. The van der Waals surface area contributed by atoms with E-state index in [0.29, 0.717) is 6.42 Å². The molecule has 0 amide bonds. The lowest BCUT2D eigenvalue weighted by Crippen LogP contribution is -2.17. The molecule has 1 saturated heterocycles. The minimum atomic E-state index is -0.391. The molecular formula is C23H36O4. The quantitative estimate of drug-likeness (QED) is 0.159. The molecule has 1 aliphatic heterocycles. The first-order chi connectivity index (χ1) is 13.0. The van der Waals surface area contributed by atoms with Gasteiger partial charge in [-0.1, -0.05) is 69.8 Å². The summed E-state index contributed by atoms with van der Waals surface area (Å²) in [5.41, 5.74) is 0. The van der Waals surface area contributed by atoms with Crippen LogP contribution < -0.4 is 0 Å². The summed E-state index contributed by atoms with van der Waals surface area (Å²) in [4.78, 5) is 34.1. The first kappa shape index (κ1) is 23.3. The summed E-state index contributed by atoms with van der Waals surface area (Å²) in [6.07, 6.45) is 20.2. The van der Waals surface area contributed by atoms with Crippen molar-refractivity contribution in [2.24, 2.45) is 11.8 Å². The molecule has 2 atom stereocenters. The third-order valence-electron chi connectivity index (χ3n) is 5.07. The zero-order valence-corrected chi connectivity index (χ0v) is 17.1. The van der Waals surface area contributed by atoms with Gasteiger partial charge in [0.2, 0.25) is 0 Å². The summed E-state index contributed by atoms with van der Waals surface area (Å²) in [6, 6.07) is 0. The van der Waals surface area contributed by atoms with Crippen LogP contribution in [0.5, 0.6) is 0 Å². The maximum atomic E-state index is 11.9. The molecule has 0 spiro atoms. The van der Waals surface area contributed by atoms with E-state index in [1.54, 1.807) is 6.92 Å². The molecule has 4 nitrogen and oxygen atoms in total. The zero-order valence-electron chi connectivity index (χ0n) is 17.1. The normalized spacial score (nSPS) is 18.5. The second-order valence-corrected chi connectivity index (χ2v) is 7.58. The van der Waals surface area contributed by atoms with Crippen LogP contribution >= 0.6 is 0 Å². The van der Waals surface area contributed by atoms with Crippen molar-refractivity contribution >= 4 is 17.7 Å². The fraction of sp³-hybridized carbons (Fsp3) is 0.696. The molecule has 0 saturated carbocycles. The van der Waals surface area contributed by atoms with Crippen molar-refractivity contribution in [3.8, 4) is 0 Å². The molecule has 0 aliphatic carbocycles. The van der Waals surface area contributed by atoms with E-state index in [1.807, 2.05) is 12.2 Å². The van der Waals surface area contributed by atoms with Crippen LogP contribution in [0.25, 0.3) is 0 Å². The number of allylic oxidation sites excluding steroid dienone is 4. The molecule has 152 valence electrons. The number of carbonyl (C=O) groups excluding carboxylic acids is 3. The number of carbonyl (C=O) groups is 3. The van der Waals surface area contributed by atoms with E-state index in [0.717, 1.165) is 51.4 Å². The Morgan fingerprint density at radius 1 is 1.07 bits per heavy atom. The Labute approximate surface area is 164 Å². The molecule has 0 aromatic carbocycles. The zero-order chi connectivity index (χ0) is 19.9. The summed E-state index contributed by atoms with van der Waals surface area (Å²) in [7, 11) is 0. The number of hydrogen-bond acceptors (Lipinski definition) is 4. The van der Waals surface area contributed by atoms with E-state index in [2.05, 4.69) is 19.1 Å². The number of hydrogen-bond donors (Lipinski definition) is 0. The minimum Gasteiger partial charge on any atom is -0.393 e. The summed E-state index contributed by atoms with van der Waals surface area (Å²) < 4.78 is 4.73. The number of ketones is 1. The molecule has 2 unspecified atom stereocenters. The van der Waals surface area contributed by atoms with Crippen molar-refractivity contribution in [3.05, 3.63) is 24.3 Å². The Balaban J connectivity index is 2.28. The van der Waals surface area contributed by atoms with E-state index in [4.69, 9.17) is 4.74 Å². The van der Waals surface area contributed by atoms with Gasteiger partial charge in [-0.3, -0.25) is 9.59 Å². The second kappa shape index (κ2) is 14.4. The van der Waals surface area contributed by atoms with Crippen molar-refractivity contribution in [1.82, 2.24) is 0 Å². The highest BCUT2D eigenvalue weighted by atomic mass is 16.6. The van der Waals surface area contributed by atoms with E-state index in [1.165, 1.54) is 12.8 Å². The van der Waals surface area contributed by atoms with Crippen LogP contribution in [0.3, 0.4) is 0 Å². The highest BCUT2D eigenvalue weighted by Crippen LogP contribution is 2.29. The molecule has 1 fully saturated rings. The van der Waals surface area contributed by atoms with Crippen molar-refractivity contribution in [3.63, 3.8) is 0 Å². The van der Waals surface area contributed by atoms with Crippen molar-refractivity contribution in [2.75, 3.05) is 0 Å². The van der Waals surface area contributed by atoms with Crippen LogP contribution in [0.15, 0.2) is 24.3 Å². The van der Waals surface area contributed by atoms with Crippen LogP contribution in [-0.4, -0.2) is 17.7 Å². The lowest BCUT2D eigenvalue weighted by Gasteiger charge is -2.15. The van der Waals surface area contributed by atoms with Crippen LogP contribution in [-0.2, 0) is 19.1 Å². The molecule has 0 aromatic heterocycles. The Morgan fingerprint density at radius 2 is 1.81 bits per heavy atom. The van der Waals surface area contributed by atoms with Gasteiger partial charge in [-0.25, -0.2) is 0 Å². The Bertz CT molecular complexity index is 518. The highest BCUT2D eigenvalue weighted by Gasteiger charge is 2.37. The summed E-state index contributed by atoms with van der Waals surface area (Å²) in [6.45, 7) is 3.81. The molecule has 4 heteroatoms. The fourth-order valence-corrected chi connectivity index (χ4v) is 3.43. The number of rotatable bonds is 15. The summed E-state index contributed by atoms with van der Waals surface area (Å²) in [5, 5.41) is 0. The minimum absolute atomic E-state index is 0.0847. The molecule has 0 aromatic rings. The van der Waals surface area contributed by atoms with Gasteiger partial charge in [-0.2, -0.15) is 0 Å². The molecular weight excluding hydrogens is 340 g/mol. The second-order valence-electron chi connectivity index (χ2n) is 7.58. The first-order valence-corrected chi connectivity index (χ1v) is 10.6. The van der Waals surface area contributed by atoms with Crippen LogP contribution in [0, 0.1) is 11.8 Å². The fourth-order valence-electron chi connectivity index (χ4n) is 3.43. The first-order valence-electron chi connectivity index (χ1n) is 10.6. The standard InChI is InChI=1S/C23H36O4/c1-3-4-12-16-20(21-18-22(25)27-23(21)26)17-14-11-9-7-5-6-8-10-13-15-19(2)24/h9,11,14,17,20-21H,3-8,10,12-13,15-16,18H2,1-2H3/b11-9-,17-14+. The van der Waals surface area contributed by atoms with Crippen molar-refractivity contribution < 1.29 is 19.1 Å². The van der Waals surface area contributed by atoms with Gasteiger partial charge < -0.3 is 9.53 Å². The van der Waals surface area contributed by atoms with E-state index < -0.39 is 5.97 Å². The van der Waals surface area contributed by atoms with Gasteiger partial charge in [-0.15, -0.1) is 0 Å². The van der Waals surface area contributed by atoms with Crippen molar-refractivity contribution in [2.45, 2.75) is 90.9 Å².